The molecule has 1 unspecified atom stereocenters. The Bertz CT molecular complexity index is 496. The molecule has 96 valence electrons. The zero-order chi connectivity index (χ0) is 13.0. The molecule has 0 fully saturated rings. The molecule has 1 heterocycles. The second kappa shape index (κ2) is 6.09. The first kappa shape index (κ1) is 13.2. The van der Waals surface area contributed by atoms with Crippen molar-refractivity contribution in [2.24, 2.45) is 5.73 Å². The molecule has 18 heavy (non-hydrogen) atoms. The van der Waals surface area contributed by atoms with Crippen LogP contribution in [0.5, 0.6) is 0 Å². The van der Waals surface area contributed by atoms with E-state index in [9.17, 15) is 0 Å². The van der Waals surface area contributed by atoms with E-state index < -0.39 is 0 Å². The Morgan fingerprint density at radius 1 is 1.33 bits per heavy atom. The number of rotatable bonds is 5. The zero-order valence-electron chi connectivity index (χ0n) is 10.7. The summed E-state index contributed by atoms with van der Waals surface area (Å²) in [6.07, 6.45) is 0.0303. The summed E-state index contributed by atoms with van der Waals surface area (Å²) in [5.41, 5.74) is 7.91. The topological polar surface area (TPSA) is 48.1 Å². The second-order valence-electron chi connectivity index (χ2n) is 3.99. The minimum atomic E-state index is 0.0303. The third-order valence-corrected chi connectivity index (χ3v) is 3.95. The lowest BCUT2D eigenvalue weighted by atomic mass is 10.1. The molecule has 1 aromatic heterocycles. The van der Waals surface area contributed by atoms with Crippen LogP contribution in [-0.2, 0) is 11.3 Å². The van der Waals surface area contributed by atoms with Crippen LogP contribution in [0.3, 0.4) is 0 Å². The van der Waals surface area contributed by atoms with Gasteiger partial charge in [-0.3, -0.25) is 0 Å². The van der Waals surface area contributed by atoms with E-state index in [1.54, 1.807) is 11.3 Å². The van der Waals surface area contributed by atoms with Crippen molar-refractivity contribution in [3.63, 3.8) is 0 Å². The molecule has 0 saturated carbocycles. The number of nitrogens with two attached hydrogens (primary N) is 1. The van der Waals surface area contributed by atoms with Gasteiger partial charge in [0.1, 0.15) is 11.1 Å². The summed E-state index contributed by atoms with van der Waals surface area (Å²) in [4.78, 5) is 5.80. The van der Waals surface area contributed by atoms with Crippen LogP contribution in [0, 0.1) is 0 Å². The molecule has 0 aliphatic rings. The number of thiazole rings is 1. The van der Waals surface area contributed by atoms with Crippen molar-refractivity contribution in [3.05, 3.63) is 40.2 Å². The number of ether oxygens (including phenoxy) is 1. The minimum absolute atomic E-state index is 0.0303. The Balaban J connectivity index is 2.36. The van der Waals surface area contributed by atoms with Crippen molar-refractivity contribution in [2.75, 3.05) is 6.61 Å². The van der Waals surface area contributed by atoms with Crippen LogP contribution in [0.25, 0.3) is 11.3 Å². The molecule has 3 nitrogen and oxygen atoms in total. The quantitative estimate of drug-likeness (QED) is 0.898. The number of aromatic nitrogens is 1. The predicted molar refractivity (Wildman–Crippen MR) is 75.5 cm³/mol. The summed E-state index contributed by atoms with van der Waals surface area (Å²) < 4.78 is 5.58. The SMILES string of the molecule is CCOC(C)c1nc(-c2ccccc2)c(CN)s1. The van der Waals surface area contributed by atoms with Gasteiger partial charge in [0.25, 0.3) is 0 Å². The van der Waals surface area contributed by atoms with Gasteiger partial charge in [-0.15, -0.1) is 11.3 Å². The van der Waals surface area contributed by atoms with Gasteiger partial charge in [-0.1, -0.05) is 30.3 Å². The van der Waals surface area contributed by atoms with Gasteiger partial charge in [0.15, 0.2) is 0 Å². The molecule has 2 N–H and O–H groups in total. The highest BCUT2D eigenvalue weighted by Crippen LogP contribution is 2.31. The summed E-state index contributed by atoms with van der Waals surface area (Å²) in [6, 6.07) is 10.1. The molecule has 0 aliphatic carbocycles. The third-order valence-electron chi connectivity index (χ3n) is 2.71. The number of benzene rings is 1. The molecular weight excluding hydrogens is 244 g/mol. The summed E-state index contributed by atoms with van der Waals surface area (Å²) >= 11 is 1.64. The van der Waals surface area contributed by atoms with Gasteiger partial charge in [-0.2, -0.15) is 0 Å². The average Bonchev–Trinajstić information content (AvgIpc) is 2.84. The van der Waals surface area contributed by atoms with E-state index in [1.165, 1.54) is 0 Å². The van der Waals surface area contributed by atoms with Gasteiger partial charge in [0.05, 0.1) is 5.69 Å². The largest absolute Gasteiger partial charge is 0.372 e. The smallest absolute Gasteiger partial charge is 0.122 e. The van der Waals surface area contributed by atoms with E-state index in [2.05, 4.69) is 17.1 Å². The lowest BCUT2D eigenvalue weighted by Crippen LogP contribution is -1.98. The Kier molecular flexibility index (Phi) is 4.47. The molecule has 1 atom stereocenters. The molecule has 0 amide bonds. The number of hydrogen-bond donors (Lipinski definition) is 1. The van der Waals surface area contributed by atoms with E-state index in [-0.39, 0.29) is 6.10 Å². The van der Waals surface area contributed by atoms with Crippen molar-refractivity contribution < 1.29 is 4.74 Å². The van der Waals surface area contributed by atoms with E-state index in [0.29, 0.717) is 13.2 Å². The standard InChI is InChI=1S/C14H18N2OS/c1-3-17-10(2)14-16-13(12(9-15)18-14)11-7-5-4-6-8-11/h4-8,10H,3,9,15H2,1-2H3. The summed E-state index contributed by atoms with van der Waals surface area (Å²) in [5.74, 6) is 0. The second-order valence-corrected chi connectivity index (χ2v) is 5.11. The van der Waals surface area contributed by atoms with Crippen molar-refractivity contribution in [2.45, 2.75) is 26.5 Å². The first-order valence-corrected chi connectivity index (χ1v) is 6.94. The molecular formula is C14H18N2OS. The molecule has 0 saturated heterocycles. The Morgan fingerprint density at radius 2 is 2.06 bits per heavy atom. The van der Waals surface area contributed by atoms with Crippen LogP contribution in [0.2, 0.25) is 0 Å². The number of hydrogen-bond acceptors (Lipinski definition) is 4. The first-order valence-electron chi connectivity index (χ1n) is 6.13. The zero-order valence-corrected chi connectivity index (χ0v) is 11.5. The van der Waals surface area contributed by atoms with Crippen LogP contribution in [0.15, 0.2) is 30.3 Å². The van der Waals surface area contributed by atoms with Gasteiger partial charge >= 0.3 is 0 Å². The lowest BCUT2D eigenvalue weighted by Gasteiger charge is -2.06. The molecule has 2 aromatic rings. The summed E-state index contributed by atoms with van der Waals surface area (Å²) in [5, 5.41) is 0.996. The van der Waals surface area contributed by atoms with Crippen molar-refractivity contribution in [1.29, 1.82) is 0 Å². The maximum Gasteiger partial charge on any atom is 0.122 e. The van der Waals surface area contributed by atoms with Gasteiger partial charge in [0.2, 0.25) is 0 Å². The fourth-order valence-electron chi connectivity index (χ4n) is 1.83. The van der Waals surface area contributed by atoms with E-state index in [0.717, 1.165) is 21.1 Å². The Labute approximate surface area is 112 Å². The maximum absolute atomic E-state index is 5.81. The normalized spacial score (nSPS) is 12.6. The minimum Gasteiger partial charge on any atom is -0.372 e. The van der Waals surface area contributed by atoms with Crippen molar-refractivity contribution in [3.8, 4) is 11.3 Å². The van der Waals surface area contributed by atoms with Crippen molar-refractivity contribution in [1.82, 2.24) is 4.98 Å². The van der Waals surface area contributed by atoms with Crippen LogP contribution in [-0.4, -0.2) is 11.6 Å². The van der Waals surface area contributed by atoms with Gasteiger partial charge in [-0.25, -0.2) is 4.98 Å². The van der Waals surface area contributed by atoms with Gasteiger partial charge in [-0.05, 0) is 13.8 Å². The highest BCUT2D eigenvalue weighted by molar-refractivity contribution is 7.12. The summed E-state index contributed by atoms with van der Waals surface area (Å²) in [7, 11) is 0. The Morgan fingerprint density at radius 3 is 2.67 bits per heavy atom. The van der Waals surface area contributed by atoms with Gasteiger partial charge < -0.3 is 10.5 Å². The van der Waals surface area contributed by atoms with Crippen LogP contribution >= 0.6 is 11.3 Å². The Hall–Kier alpha value is -1.23. The fourth-order valence-corrected chi connectivity index (χ4v) is 2.79. The van der Waals surface area contributed by atoms with E-state index in [4.69, 9.17) is 10.5 Å². The monoisotopic (exact) mass is 262 g/mol. The molecule has 0 radical (unpaired) electrons. The maximum atomic E-state index is 5.81. The molecule has 0 bridgehead atoms. The van der Waals surface area contributed by atoms with E-state index >= 15 is 0 Å². The van der Waals surface area contributed by atoms with Gasteiger partial charge in [0, 0.05) is 23.6 Å². The molecule has 0 spiro atoms. The molecule has 1 aromatic carbocycles. The first-order chi connectivity index (χ1) is 8.76. The predicted octanol–water partition coefficient (Wildman–Crippen LogP) is 3.37. The highest BCUT2D eigenvalue weighted by Gasteiger charge is 2.16. The fraction of sp³-hybridized carbons (Fsp3) is 0.357. The van der Waals surface area contributed by atoms with Crippen LogP contribution in [0.1, 0.15) is 29.8 Å². The van der Waals surface area contributed by atoms with Crippen LogP contribution < -0.4 is 5.73 Å². The number of nitrogens with zero attached hydrogens (tertiary/aromatic N) is 1. The highest BCUT2D eigenvalue weighted by atomic mass is 32.1. The average molecular weight is 262 g/mol. The van der Waals surface area contributed by atoms with Crippen molar-refractivity contribution >= 4 is 11.3 Å². The van der Waals surface area contributed by atoms with Crippen LogP contribution in [0.4, 0.5) is 0 Å². The summed E-state index contributed by atoms with van der Waals surface area (Å²) in [6.45, 7) is 5.23. The third kappa shape index (κ3) is 2.77. The molecule has 0 aliphatic heterocycles. The molecule has 4 heteroatoms. The van der Waals surface area contributed by atoms with E-state index in [1.807, 2.05) is 32.0 Å². The molecule has 2 rings (SSSR count). The lowest BCUT2D eigenvalue weighted by molar-refractivity contribution is 0.0762.